The lowest BCUT2D eigenvalue weighted by molar-refractivity contribution is -0.189. The van der Waals surface area contributed by atoms with E-state index in [-0.39, 0.29) is 23.0 Å². The van der Waals surface area contributed by atoms with Crippen LogP contribution in [-0.2, 0) is 6.11 Å². The number of thioether (sulfide) groups is 1. The number of alkyl halides is 2. The zero-order valence-electron chi connectivity index (χ0n) is 22.6. The fourth-order valence-electron chi connectivity index (χ4n) is 5.16. The highest BCUT2D eigenvalue weighted by molar-refractivity contribution is 7.99. The van der Waals surface area contributed by atoms with Crippen molar-refractivity contribution >= 4 is 11.8 Å². The molecule has 5 rings (SSSR count). The van der Waals surface area contributed by atoms with E-state index in [0.717, 1.165) is 30.7 Å². The normalized spacial score (nSPS) is 17.1. The molecule has 0 spiro atoms. The Bertz CT molecular complexity index is 1640. The van der Waals surface area contributed by atoms with Crippen LogP contribution in [0.3, 0.4) is 0 Å². The van der Waals surface area contributed by atoms with Crippen molar-refractivity contribution in [3.63, 3.8) is 0 Å². The summed E-state index contributed by atoms with van der Waals surface area (Å²) >= 11 is 1.62. The van der Waals surface area contributed by atoms with Crippen molar-refractivity contribution in [1.82, 2.24) is 0 Å². The third kappa shape index (κ3) is 6.56. The summed E-state index contributed by atoms with van der Waals surface area (Å²) < 4.78 is 134. The number of aliphatic hydroxyl groups excluding tert-OH is 1. The number of ether oxygens (including phenoxy) is 1. The summed E-state index contributed by atoms with van der Waals surface area (Å²) in [4.78, 5) is 0. The lowest BCUT2D eigenvalue weighted by Gasteiger charge is -2.28. The highest BCUT2D eigenvalue weighted by atomic mass is 32.2. The van der Waals surface area contributed by atoms with E-state index in [2.05, 4.69) is 4.74 Å². The second kappa shape index (κ2) is 12.8. The minimum atomic E-state index is -4.66. The van der Waals surface area contributed by atoms with Crippen LogP contribution >= 0.6 is 11.8 Å². The van der Waals surface area contributed by atoms with Gasteiger partial charge in [-0.2, -0.15) is 20.5 Å². The first-order chi connectivity index (χ1) is 20.9. The molecule has 1 aliphatic heterocycles. The lowest BCUT2D eigenvalue weighted by Crippen LogP contribution is -2.25. The maximum Gasteiger partial charge on any atom is 0.432 e. The van der Waals surface area contributed by atoms with Crippen molar-refractivity contribution in [2.24, 2.45) is 5.92 Å². The third-order valence-electron chi connectivity index (χ3n) is 7.40. The van der Waals surface area contributed by atoms with Crippen molar-refractivity contribution < 1.29 is 49.4 Å². The molecular formula is C32H23F9O2S. The zero-order chi connectivity index (χ0) is 31.8. The molecule has 2 atom stereocenters. The minimum absolute atomic E-state index is 0.00268. The molecule has 0 aromatic heterocycles. The van der Waals surface area contributed by atoms with Crippen molar-refractivity contribution in [3.05, 3.63) is 113 Å². The summed E-state index contributed by atoms with van der Waals surface area (Å²) in [5.74, 6) is -10.3. The van der Waals surface area contributed by atoms with E-state index in [1.807, 2.05) is 0 Å². The van der Waals surface area contributed by atoms with Gasteiger partial charge in [-0.1, -0.05) is 12.1 Å². The second-order valence-corrected chi connectivity index (χ2v) is 11.6. The van der Waals surface area contributed by atoms with Crippen LogP contribution in [0.5, 0.6) is 5.75 Å². The summed E-state index contributed by atoms with van der Waals surface area (Å²) in [6.45, 7) is 0.0974. The van der Waals surface area contributed by atoms with Crippen LogP contribution in [0.4, 0.5) is 39.5 Å². The Hall–Kier alpha value is -3.64. The van der Waals surface area contributed by atoms with Crippen LogP contribution in [0, 0.1) is 46.6 Å². The topological polar surface area (TPSA) is 29.5 Å². The standard InChI is InChI=1S/C32H23F9O2S/c33-23-9-17(29-6-1-16(7-8-42)15-44-29)2-4-21(23)18-10-25(35)30(26(36)11-18)32(40,41)43-20-3-5-22(24(34)14-20)19-12-27(37)31(39)28(38)13-19/h2-5,9-14,16,29,42H,1,6-8,15H2. The third-order valence-corrected chi connectivity index (χ3v) is 8.97. The Morgan fingerprint density at radius 3 is 1.80 bits per heavy atom. The Morgan fingerprint density at radius 2 is 1.27 bits per heavy atom. The van der Waals surface area contributed by atoms with E-state index in [0.29, 0.717) is 48.2 Å². The molecular weight excluding hydrogens is 619 g/mol. The molecule has 1 fully saturated rings. The van der Waals surface area contributed by atoms with E-state index in [9.17, 15) is 35.1 Å². The van der Waals surface area contributed by atoms with E-state index in [1.54, 1.807) is 17.8 Å². The van der Waals surface area contributed by atoms with Gasteiger partial charge >= 0.3 is 6.11 Å². The predicted molar refractivity (Wildman–Crippen MR) is 148 cm³/mol. The SMILES string of the molecule is OCCC1CCC(c2ccc(-c3cc(F)c(C(F)(F)Oc4ccc(-c5cc(F)c(F)c(F)c5)c(F)c4)c(F)c3)c(F)c2)SC1. The van der Waals surface area contributed by atoms with Crippen LogP contribution in [-0.4, -0.2) is 17.5 Å². The number of hydrogen-bond donors (Lipinski definition) is 1. The molecule has 2 nitrogen and oxygen atoms in total. The van der Waals surface area contributed by atoms with Gasteiger partial charge < -0.3 is 9.84 Å². The highest BCUT2D eigenvalue weighted by Crippen LogP contribution is 2.43. The van der Waals surface area contributed by atoms with Gasteiger partial charge in [0.15, 0.2) is 17.5 Å². The molecule has 0 amide bonds. The van der Waals surface area contributed by atoms with Gasteiger partial charge in [-0.05, 0) is 90.1 Å². The number of rotatable bonds is 8. The Balaban J connectivity index is 1.35. The molecule has 0 bridgehead atoms. The smallest absolute Gasteiger partial charge is 0.429 e. The molecule has 2 unspecified atom stereocenters. The quantitative estimate of drug-likeness (QED) is 0.153. The molecule has 1 N–H and O–H groups in total. The fourth-order valence-corrected chi connectivity index (χ4v) is 6.63. The van der Waals surface area contributed by atoms with Crippen molar-refractivity contribution in [2.45, 2.75) is 30.6 Å². The van der Waals surface area contributed by atoms with Gasteiger partial charge in [0.05, 0.1) is 0 Å². The molecule has 4 aromatic carbocycles. The molecule has 12 heteroatoms. The molecule has 4 aromatic rings. The Kier molecular flexibility index (Phi) is 9.22. The average Bonchev–Trinajstić information content (AvgIpc) is 2.95. The number of halogens is 9. The molecule has 232 valence electrons. The molecule has 1 heterocycles. The second-order valence-electron chi connectivity index (χ2n) is 10.3. The number of benzene rings is 4. The highest BCUT2D eigenvalue weighted by Gasteiger charge is 2.41. The van der Waals surface area contributed by atoms with Crippen LogP contribution in [0.1, 0.15) is 35.6 Å². The summed E-state index contributed by atoms with van der Waals surface area (Å²) in [7, 11) is 0. The van der Waals surface area contributed by atoms with Gasteiger partial charge in [0.1, 0.15) is 34.6 Å². The van der Waals surface area contributed by atoms with E-state index >= 15 is 4.39 Å². The van der Waals surface area contributed by atoms with Gasteiger partial charge in [0, 0.05) is 29.1 Å². The lowest BCUT2D eigenvalue weighted by atomic mass is 9.95. The van der Waals surface area contributed by atoms with Crippen LogP contribution in [0.25, 0.3) is 22.3 Å². The molecule has 0 radical (unpaired) electrons. The Morgan fingerprint density at radius 1 is 0.705 bits per heavy atom. The number of hydrogen-bond acceptors (Lipinski definition) is 3. The predicted octanol–water partition coefficient (Wildman–Crippen LogP) is 9.69. The van der Waals surface area contributed by atoms with Gasteiger partial charge in [0.25, 0.3) is 0 Å². The maximum absolute atomic E-state index is 15.1. The van der Waals surface area contributed by atoms with Crippen LogP contribution in [0.15, 0.2) is 60.7 Å². The summed E-state index contributed by atoms with van der Waals surface area (Å²) in [6, 6.07) is 8.21. The Labute approximate surface area is 250 Å². The van der Waals surface area contributed by atoms with Gasteiger partial charge in [-0.25, -0.2) is 30.7 Å². The van der Waals surface area contributed by atoms with E-state index in [1.165, 1.54) is 12.1 Å². The summed E-state index contributed by atoms with van der Waals surface area (Å²) in [6.07, 6.45) is -2.35. The number of aliphatic hydroxyl groups is 1. The van der Waals surface area contributed by atoms with Gasteiger partial charge in [-0.15, -0.1) is 0 Å². The van der Waals surface area contributed by atoms with Crippen molar-refractivity contribution in [3.8, 4) is 28.0 Å². The minimum Gasteiger partial charge on any atom is -0.429 e. The van der Waals surface area contributed by atoms with Crippen molar-refractivity contribution in [2.75, 3.05) is 12.4 Å². The van der Waals surface area contributed by atoms with Crippen LogP contribution < -0.4 is 4.74 Å². The van der Waals surface area contributed by atoms with Crippen LogP contribution in [0.2, 0.25) is 0 Å². The van der Waals surface area contributed by atoms with Crippen molar-refractivity contribution in [1.29, 1.82) is 0 Å². The first kappa shape index (κ1) is 31.8. The summed E-state index contributed by atoms with van der Waals surface area (Å²) in [5, 5.41) is 9.11. The molecule has 44 heavy (non-hydrogen) atoms. The largest absolute Gasteiger partial charge is 0.432 e. The average molecular weight is 643 g/mol. The molecule has 0 aliphatic carbocycles. The van der Waals surface area contributed by atoms with Gasteiger partial charge in [-0.3, -0.25) is 0 Å². The monoisotopic (exact) mass is 642 g/mol. The first-order valence-corrected chi connectivity index (χ1v) is 14.5. The molecule has 0 saturated carbocycles. The van der Waals surface area contributed by atoms with E-state index in [4.69, 9.17) is 5.11 Å². The molecule has 1 aliphatic rings. The maximum atomic E-state index is 15.1. The summed E-state index contributed by atoms with van der Waals surface area (Å²) in [5.41, 5.74) is -2.61. The first-order valence-electron chi connectivity index (χ1n) is 13.4. The zero-order valence-corrected chi connectivity index (χ0v) is 23.4. The van der Waals surface area contributed by atoms with Gasteiger partial charge in [0.2, 0.25) is 0 Å². The fraction of sp³-hybridized carbons (Fsp3) is 0.250. The molecule has 1 saturated heterocycles. The van der Waals surface area contributed by atoms with E-state index < -0.39 is 69.3 Å².